The molecule has 1 aliphatic carbocycles. The van der Waals surface area contributed by atoms with Crippen LogP contribution in [-0.4, -0.2) is 56.3 Å². The third-order valence-electron chi connectivity index (χ3n) is 6.52. The molecule has 0 radical (unpaired) electrons. The number of aryl methyl sites for hydroxylation is 1. The number of carbonyl (C=O) groups excluding carboxylic acids is 2. The number of likely N-dealkylation sites (N-methyl/N-ethyl adjacent to an activating group) is 1. The van der Waals surface area contributed by atoms with E-state index in [0.717, 1.165) is 12.3 Å². The molecule has 15 heteroatoms. The Labute approximate surface area is 224 Å². The van der Waals surface area contributed by atoms with E-state index in [4.69, 9.17) is 14.6 Å². The van der Waals surface area contributed by atoms with Crippen LogP contribution in [0.15, 0.2) is 21.5 Å². The number of rotatable bonds is 3. The van der Waals surface area contributed by atoms with E-state index in [2.05, 4.69) is 14.8 Å². The lowest BCUT2D eigenvalue weighted by Gasteiger charge is -2.33. The predicted molar refractivity (Wildman–Crippen MR) is 136 cm³/mol. The summed E-state index contributed by atoms with van der Waals surface area (Å²) in [6.07, 6.45) is -2.42. The molecule has 2 atom stereocenters. The predicted octanol–water partition coefficient (Wildman–Crippen LogP) is 4.26. The molecule has 0 bridgehead atoms. The van der Waals surface area contributed by atoms with Crippen molar-refractivity contribution >= 4 is 27.7 Å². The van der Waals surface area contributed by atoms with Crippen molar-refractivity contribution in [3.05, 3.63) is 34.5 Å². The van der Waals surface area contributed by atoms with Crippen molar-refractivity contribution in [1.82, 2.24) is 14.7 Å². The lowest BCUT2D eigenvalue weighted by Crippen LogP contribution is -2.47. The molecule has 0 saturated heterocycles. The number of amides is 3. The van der Waals surface area contributed by atoms with Gasteiger partial charge in [-0.2, -0.15) is 18.3 Å². The van der Waals surface area contributed by atoms with Gasteiger partial charge < -0.3 is 19.7 Å². The first-order chi connectivity index (χ1) is 18.0. The third kappa shape index (κ3) is 5.98. The van der Waals surface area contributed by atoms with Crippen molar-refractivity contribution < 1.29 is 36.4 Å². The minimum atomic E-state index is -4.61. The average molecular weight is 573 g/mol. The van der Waals surface area contributed by atoms with Crippen molar-refractivity contribution in [2.24, 2.45) is 9.50 Å². The van der Waals surface area contributed by atoms with Crippen molar-refractivity contribution in [3.8, 4) is 5.88 Å². The first kappa shape index (κ1) is 28.7. The molecule has 2 aromatic rings. The molecule has 0 saturated carbocycles. The minimum Gasteiger partial charge on any atom is -0.475 e. The van der Waals surface area contributed by atoms with Gasteiger partial charge in [0, 0.05) is 12.7 Å². The number of hydrogen-bond acceptors (Lipinski definition) is 6. The molecule has 1 aliphatic heterocycles. The van der Waals surface area contributed by atoms with Crippen LogP contribution in [0.1, 0.15) is 49.4 Å². The summed E-state index contributed by atoms with van der Waals surface area (Å²) in [4.78, 5) is 26.4. The van der Waals surface area contributed by atoms with E-state index >= 15 is 0 Å². The van der Waals surface area contributed by atoms with Crippen LogP contribution >= 0.6 is 0 Å². The Hall–Kier alpha value is -3.33. The quantitative estimate of drug-likeness (QED) is 0.563. The number of ether oxygens (including phenoxy) is 2. The van der Waals surface area contributed by atoms with E-state index in [1.165, 1.54) is 16.5 Å². The fourth-order valence-electron chi connectivity index (χ4n) is 4.60. The maximum Gasteiger partial charge on any atom is 0.416 e. The smallest absolute Gasteiger partial charge is 0.416 e. The molecule has 1 aromatic carbocycles. The van der Waals surface area contributed by atoms with E-state index in [-0.39, 0.29) is 35.2 Å². The number of nitrogens with one attached hydrogen (secondary N) is 1. The summed E-state index contributed by atoms with van der Waals surface area (Å²) in [5.74, 6) is 0.0176. The van der Waals surface area contributed by atoms with E-state index in [1.54, 1.807) is 27.8 Å². The van der Waals surface area contributed by atoms with Gasteiger partial charge in [-0.3, -0.25) is 0 Å². The monoisotopic (exact) mass is 572 g/mol. The lowest BCUT2D eigenvalue weighted by atomic mass is 9.97. The SMILES string of the molecule is Cc1c(C(F)(F)F)cc2c(c1NC(=O)N=S(N)(=O)c1cnn3c1OC[C@H](N(C)C(=O)OC(C)(C)C)C3)CCC2. The second-order valence-electron chi connectivity index (χ2n) is 10.6. The number of hydrogen-bond donors (Lipinski definition) is 2. The average Bonchev–Trinajstić information content (AvgIpc) is 3.44. The van der Waals surface area contributed by atoms with Gasteiger partial charge in [-0.05, 0) is 69.7 Å². The number of nitrogens with zero attached hydrogens (tertiary/aromatic N) is 4. The molecule has 1 aromatic heterocycles. The van der Waals surface area contributed by atoms with Gasteiger partial charge in [-0.1, -0.05) is 0 Å². The van der Waals surface area contributed by atoms with E-state index in [1.807, 2.05) is 0 Å². The Morgan fingerprint density at radius 3 is 2.64 bits per heavy atom. The summed E-state index contributed by atoms with van der Waals surface area (Å²) in [5.41, 5.74) is -0.591. The Morgan fingerprint density at radius 1 is 1.31 bits per heavy atom. The van der Waals surface area contributed by atoms with Crippen LogP contribution < -0.4 is 15.2 Å². The van der Waals surface area contributed by atoms with Gasteiger partial charge in [0.05, 0.1) is 24.3 Å². The maximum atomic E-state index is 13.6. The Kier molecular flexibility index (Phi) is 7.36. The standard InChI is InChI=1S/C24H31F3N6O5S/c1-13-17(24(25,26)27)9-14-7-6-8-16(14)19(13)30-21(34)31-39(28,36)18-10-29-33-11-15(12-37-20(18)33)32(5)22(35)38-23(2,3)4/h9-10,15H,6-8,11-12H2,1-5H3,(H3,28,30,31,34,36)/t15-,39?/m1/s1. The highest BCUT2D eigenvalue weighted by molar-refractivity contribution is 7.91. The summed E-state index contributed by atoms with van der Waals surface area (Å²) in [6.45, 7) is 6.67. The molecule has 0 spiro atoms. The normalized spacial score (nSPS) is 18.3. The summed E-state index contributed by atoms with van der Waals surface area (Å²) < 4.78 is 70.1. The van der Waals surface area contributed by atoms with Crippen LogP contribution in [0.5, 0.6) is 5.88 Å². The number of aromatic nitrogens is 2. The van der Waals surface area contributed by atoms with Crippen LogP contribution in [0.2, 0.25) is 0 Å². The second-order valence-corrected chi connectivity index (χ2v) is 12.3. The van der Waals surface area contributed by atoms with E-state index in [0.29, 0.717) is 30.4 Å². The fourth-order valence-corrected chi connectivity index (χ4v) is 5.60. The second kappa shape index (κ2) is 10.0. The summed E-state index contributed by atoms with van der Waals surface area (Å²) in [5, 5.41) is 12.4. The number of carbonyl (C=O) groups is 2. The zero-order chi connectivity index (χ0) is 28.9. The molecule has 3 amide bonds. The Bertz CT molecular complexity index is 1440. The van der Waals surface area contributed by atoms with Gasteiger partial charge in [-0.25, -0.2) is 23.6 Å². The molecular formula is C24H31F3N6O5S. The summed E-state index contributed by atoms with van der Waals surface area (Å²) >= 11 is 0. The van der Waals surface area contributed by atoms with Crippen LogP contribution in [0.3, 0.4) is 0 Å². The maximum absolute atomic E-state index is 13.6. The third-order valence-corrected chi connectivity index (χ3v) is 7.86. The summed E-state index contributed by atoms with van der Waals surface area (Å²) in [7, 11) is -2.34. The Balaban J connectivity index is 1.56. The van der Waals surface area contributed by atoms with Gasteiger partial charge in [0.2, 0.25) is 5.88 Å². The van der Waals surface area contributed by atoms with Crippen LogP contribution in [0, 0.1) is 6.92 Å². The Morgan fingerprint density at radius 2 is 2.00 bits per heavy atom. The van der Waals surface area contributed by atoms with Gasteiger partial charge in [0.1, 0.15) is 17.1 Å². The molecule has 0 fully saturated rings. The molecule has 1 unspecified atom stereocenters. The minimum absolute atomic E-state index is 0.00239. The number of halogens is 3. The van der Waals surface area contributed by atoms with E-state index < -0.39 is 45.4 Å². The zero-order valence-electron chi connectivity index (χ0n) is 22.2. The molecule has 2 aliphatic rings. The number of fused-ring (bicyclic) bond motifs is 2. The first-order valence-electron chi connectivity index (χ1n) is 12.2. The highest BCUT2D eigenvalue weighted by Gasteiger charge is 2.36. The van der Waals surface area contributed by atoms with Crippen LogP contribution in [-0.2, 0) is 40.2 Å². The highest BCUT2D eigenvalue weighted by atomic mass is 32.2. The van der Waals surface area contributed by atoms with Gasteiger partial charge >= 0.3 is 18.3 Å². The molecular weight excluding hydrogens is 541 g/mol. The van der Waals surface area contributed by atoms with Gasteiger partial charge in [0.15, 0.2) is 9.92 Å². The first-order valence-corrected chi connectivity index (χ1v) is 13.8. The van der Waals surface area contributed by atoms with Crippen molar-refractivity contribution in [1.29, 1.82) is 0 Å². The molecule has 214 valence electrons. The van der Waals surface area contributed by atoms with E-state index in [9.17, 15) is 27.0 Å². The zero-order valence-corrected chi connectivity index (χ0v) is 23.0. The number of anilines is 1. The molecule has 4 rings (SSSR count). The fraction of sp³-hybridized carbons (Fsp3) is 0.542. The molecule has 3 N–H and O–H groups in total. The van der Waals surface area contributed by atoms with Crippen molar-refractivity contribution in [2.45, 2.75) is 76.2 Å². The number of nitrogens with two attached hydrogens (primary N) is 1. The van der Waals surface area contributed by atoms with Gasteiger partial charge in [0.25, 0.3) is 0 Å². The number of urea groups is 1. The van der Waals surface area contributed by atoms with Crippen molar-refractivity contribution in [3.63, 3.8) is 0 Å². The topological polar surface area (TPSA) is 141 Å². The lowest BCUT2D eigenvalue weighted by molar-refractivity contribution is -0.138. The highest BCUT2D eigenvalue weighted by Crippen LogP contribution is 2.41. The number of benzene rings is 1. The van der Waals surface area contributed by atoms with Gasteiger partial charge in [-0.15, -0.1) is 4.36 Å². The molecule has 11 nitrogen and oxygen atoms in total. The summed E-state index contributed by atoms with van der Waals surface area (Å²) in [6, 6.07) is -0.502. The molecule has 2 heterocycles. The molecule has 39 heavy (non-hydrogen) atoms. The van der Waals surface area contributed by atoms with Crippen LogP contribution in [0.4, 0.5) is 28.4 Å². The van der Waals surface area contributed by atoms with Crippen molar-refractivity contribution in [2.75, 3.05) is 19.0 Å². The van der Waals surface area contributed by atoms with Crippen LogP contribution in [0.25, 0.3) is 0 Å². The number of alkyl halides is 3. The largest absolute Gasteiger partial charge is 0.475 e.